The van der Waals surface area contributed by atoms with Crippen LogP contribution in [0.15, 0.2) is 30.6 Å². The highest BCUT2D eigenvalue weighted by atomic mass is 16.5. The maximum absolute atomic E-state index is 12.3. The Kier molecular flexibility index (Phi) is 4.37. The molecule has 0 bridgehead atoms. The molecule has 0 saturated heterocycles. The van der Waals surface area contributed by atoms with Gasteiger partial charge in [0.1, 0.15) is 11.5 Å². The van der Waals surface area contributed by atoms with E-state index in [9.17, 15) is 9.59 Å². The Morgan fingerprint density at radius 3 is 2.52 bits per heavy atom. The van der Waals surface area contributed by atoms with E-state index < -0.39 is 0 Å². The summed E-state index contributed by atoms with van der Waals surface area (Å²) in [5.74, 6) is 0.526. The predicted molar refractivity (Wildman–Crippen MR) is 76.0 cm³/mol. The second-order valence-electron chi connectivity index (χ2n) is 4.45. The molecule has 2 rings (SSSR count). The van der Waals surface area contributed by atoms with Gasteiger partial charge < -0.3 is 14.0 Å². The molecule has 1 aromatic heterocycles. The Morgan fingerprint density at radius 2 is 1.95 bits per heavy atom. The van der Waals surface area contributed by atoms with Crippen molar-refractivity contribution in [1.29, 1.82) is 0 Å². The first-order chi connectivity index (χ1) is 10.1. The maximum Gasteiger partial charge on any atom is 0.205 e. The van der Waals surface area contributed by atoms with Crippen LogP contribution in [-0.4, -0.2) is 35.3 Å². The number of ether oxygens (including phenoxy) is 2. The van der Waals surface area contributed by atoms with Crippen molar-refractivity contribution in [3.63, 3.8) is 0 Å². The van der Waals surface area contributed by atoms with E-state index in [1.807, 2.05) is 0 Å². The van der Waals surface area contributed by atoms with Crippen LogP contribution in [0.5, 0.6) is 11.5 Å². The SMILES string of the molecule is COc1ccc(OC)c(C(=O)CC(=O)c2nccn2C)c1. The second kappa shape index (κ2) is 6.21. The van der Waals surface area contributed by atoms with Crippen LogP contribution in [0.25, 0.3) is 0 Å². The Hall–Kier alpha value is -2.63. The standard InChI is InChI=1S/C15H16N2O4/c1-17-7-6-16-15(17)13(19)9-12(18)11-8-10(20-2)4-5-14(11)21-3/h4-8H,9H2,1-3H3. The topological polar surface area (TPSA) is 70.4 Å². The third kappa shape index (κ3) is 3.10. The molecule has 0 saturated carbocycles. The normalized spacial score (nSPS) is 10.2. The van der Waals surface area contributed by atoms with Gasteiger partial charge >= 0.3 is 0 Å². The van der Waals surface area contributed by atoms with Crippen LogP contribution < -0.4 is 9.47 Å². The Morgan fingerprint density at radius 1 is 1.19 bits per heavy atom. The number of nitrogens with zero attached hydrogens (tertiary/aromatic N) is 2. The van der Waals surface area contributed by atoms with E-state index in [-0.39, 0.29) is 23.8 Å². The molecule has 6 heteroatoms. The van der Waals surface area contributed by atoms with Crippen molar-refractivity contribution in [2.75, 3.05) is 14.2 Å². The molecular weight excluding hydrogens is 272 g/mol. The second-order valence-corrected chi connectivity index (χ2v) is 4.45. The molecule has 0 aliphatic heterocycles. The fraction of sp³-hybridized carbons (Fsp3) is 0.267. The van der Waals surface area contributed by atoms with Gasteiger partial charge in [-0.25, -0.2) is 4.98 Å². The lowest BCUT2D eigenvalue weighted by atomic mass is 10.0. The van der Waals surface area contributed by atoms with E-state index in [4.69, 9.17) is 9.47 Å². The molecule has 0 N–H and O–H groups in total. The lowest BCUT2D eigenvalue weighted by molar-refractivity contribution is 0.0885. The average Bonchev–Trinajstić information content (AvgIpc) is 2.92. The molecule has 0 aliphatic rings. The van der Waals surface area contributed by atoms with Gasteiger partial charge in [-0.15, -0.1) is 0 Å². The van der Waals surface area contributed by atoms with Crippen molar-refractivity contribution in [3.05, 3.63) is 42.0 Å². The van der Waals surface area contributed by atoms with Crippen LogP contribution in [-0.2, 0) is 7.05 Å². The van der Waals surface area contributed by atoms with E-state index >= 15 is 0 Å². The minimum Gasteiger partial charge on any atom is -0.497 e. The van der Waals surface area contributed by atoms with Crippen LogP contribution in [0.4, 0.5) is 0 Å². The lowest BCUT2D eigenvalue weighted by Gasteiger charge is -2.09. The van der Waals surface area contributed by atoms with Crippen LogP contribution >= 0.6 is 0 Å². The van der Waals surface area contributed by atoms with Crippen LogP contribution in [0, 0.1) is 0 Å². The summed E-state index contributed by atoms with van der Waals surface area (Å²) >= 11 is 0. The van der Waals surface area contributed by atoms with E-state index in [0.29, 0.717) is 17.1 Å². The van der Waals surface area contributed by atoms with Gasteiger partial charge in [0.2, 0.25) is 5.78 Å². The lowest BCUT2D eigenvalue weighted by Crippen LogP contribution is -2.13. The van der Waals surface area contributed by atoms with Gasteiger partial charge in [-0.2, -0.15) is 0 Å². The molecule has 0 spiro atoms. The highest BCUT2D eigenvalue weighted by Gasteiger charge is 2.20. The molecule has 2 aromatic rings. The summed E-state index contributed by atoms with van der Waals surface area (Å²) in [5.41, 5.74) is 0.319. The Bertz CT molecular complexity index is 676. The van der Waals surface area contributed by atoms with E-state index in [1.54, 1.807) is 36.0 Å². The maximum atomic E-state index is 12.3. The number of hydrogen-bond donors (Lipinski definition) is 0. The molecule has 1 heterocycles. The molecule has 0 unspecified atom stereocenters. The number of ketones is 2. The summed E-state index contributed by atoms with van der Waals surface area (Å²) in [7, 11) is 4.69. The smallest absolute Gasteiger partial charge is 0.205 e. The van der Waals surface area contributed by atoms with E-state index in [0.717, 1.165) is 0 Å². The quantitative estimate of drug-likeness (QED) is 0.599. The van der Waals surface area contributed by atoms with Gasteiger partial charge in [0.05, 0.1) is 26.2 Å². The fourth-order valence-corrected chi connectivity index (χ4v) is 1.99. The highest BCUT2D eigenvalue weighted by molar-refractivity contribution is 6.13. The third-order valence-corrected chi connectivity index (χ3v) is 3.10. The van der Waals surface area contributed by atoms with Gasteiger partial charge in [0, 0.05) is 19.4 Å². The molecule has 0 atom stereocenters. The number of Topliss-reactive ketones (excluding diaryl/α,β-unsaturated/α-hetero) is 2. The first kappa shape index (κ1) is 14.8. The summed E-state index contributed by atoms with van der Waals surface area (Å²) in [6.45, 7) is 0. The number of methoxy groups -OCH3 is 2. The van der Waals surface area contributed by atoms with Crippen molar-refractivity contribution < 1.29 is 19.1 Å². The van der Waals surface area contributed by atoms with E-state index in [2.05, 4.69) is 4.98 Å². The van der Waals surface area contributed by atoms with E-state index in [1.165, 1.54) is 20.4 Å². The number of aromatic nitrogens is 2. The predicted octanol–water partition coefficient (Wildman–Crippen LogP) is 1.89. The number of carbonyl (C=O) groups excluding carboxylic acids is 2. The molecular formula is C15H16N2O4. The summed E-state index contributed by atoms with van der Waals surface area (Å²) in [6.07, 6.45) is 2.90. The minimum absolute atomic E-state index is 0.255. The Balaban J connectivity index is 2.24. The van der Waals surface area contributed by atoms with Gasteiger partial charge in [-0.05, 0) is 18.2 Å². The zero-order chi connectivity index (χ0) is 15.4. The first-order valence-electron chi connectivity index (χ1n) is 6.32. The first-order valence-corrected chi connectivity index (χ1v) is 6.32. The monoisotopic (exact) mass is 288 g/mol. The van der Waals surface area contributed by atoms with Crippen LogP contribution in [0.3, 0.4) is 0 Å². The molecule has 0 amide bonds. The zero-order valence-electron chi connectivity index (χ0n) is 12.1. The molecule has 0 fully saturated rings. The number of benzene rings is 1. The summed E-state index contributed by atoms with van der Waals surface area (Å²) in [5, 5.41) is 0. The molecule has 6 nitrogen and oxygen atoms in total. The molecule has 0 aliphatic carbocycles. The molecule has 110 valence electrons. The highest BCUT2D eigenvalue weighted by Crippen LogP contribution is 2.25. The van der Waals surface area contributed by atoms with Crippen LogP contribution in [0.1, 0.15) is 27.4 Å². The number of carbonyl (C=O) groups is 2. The van der Waals surface area contributed by atoms with Gasteiger partial charge in [0.15, 0.2) is 11.6 Å². The number of rotatable bonds is 6. The largest absolute Gasteiger partial charge is 0.497 e. The third-order valence-electron chi connectivity index (χ3n) is 3.10. The molecule has 1 aromatic carbocycles. The zero-order valence-corrected chi connectivity index (χ0v) is 12.1. The van der Waals surface area contributed by atoms with Crippen molar-refractivity contribution in [3.8, 4) is 11.5 Å². The number of hydrogen-bond acceptors (Lipinski definition) is 5. The average molecular weight is 288 g/mol. The summed E-state index contributed by atoms with van der Waals surface area (Å²) in [4.78, 5) is 28.3. The van der Waals surface area contributed by atoms with Crippen molar-refractivity contribution >= 4 is 11.6 Å². The Labute approximate surface area is 122 Å². The van der Waals surface area contributed by atoms with Crippen LogP contribution in [0.2, 0.25) is 0 Å². The van der Waals surface area contributed by atoms with Crippen molar-refractivity contribution in [1.82, 2.24) is 9.55 Å². The van der Waals surface area contributed by atoms with Gasteiger partial charge in [-0.1, -0.05) is 0 Å². The van der Waals surface area contributed by atoms with Crippen molar-refractivity contribution in [2.24, 2.45) is 7.05 Å². The van der Waals surface area contributed by atoms with Gasteiger partial charge in [-0.3, -0.25) is 9.59 Å². The number of imidazole rings is 1. The molecule has 0 radical (unpaired) electrons. The minimum atomic E-state index is -0.336. The number of aryl methyl sites for hydroxylation is 1. The summed E-state index contributed by atoms with van der Waals surface area (Å²) < 4.78 is 11.8. The summed E-state index contributed by atoms with van der Waals surface area (Å²) in [6, 6.07) is 4.89. The fourth-order valence-electron chi connectivity index (χ4n) is 1.99. The molecule has 21 heavy (non-hydrogen) atoms. The van der Waals surface area contributed by atoms with Crippen molar-refractivity contribution in [2.45, 2.75) is 6.42 Å². The van der Waals surface area contributed by atoms with Gasteiger partial charge in [0.25, 0.3) is 0 Å².